The van der Waals surface area contributed by atoms with Gasteiger partial charge in [-0.15, -0.1) is 11.3 Å². The van der Waals surface area contributed by atoms with Crippen LogP contribution in [-0.4, -0.2) is 19.1 Å². The molecule has 1 aliphatic rings. The second kappa shape index (κ2) is 3.77. The van der Waals surface area contributed by atoms with Crippen molar-refractivity contribution < 1.29 is 9.53 Å². The first kappa shape index (κ1) is 9.18. The van der Waals surface area contributed by atoms with Crippen LogP contribution in [0.1, 0.15) is 11.0 Å². The van der Waals surface area contributed by atoms with Crippen LogP contribution in [0.2, 0.25) is 0 Å². The molecule has 13 heavy (non-hydrogen) atoms. The summed E-state index contributed by atoms with van der Waals surface area (Å²) in [5.74, 6) is -0.0353. The number of amides is 1. The highest BCUT2D eigenvalue weighted by Crippen LogP contribution is 2.29. The second-order valence-corrected chi connectivity index (χ2v) is 5.24. The number of halogens is 1. The standard InChI is InChI=1S/C8H8BrNO2S/c9-7-2-1-6(13-7)5-3-10-8(11)4-12-5/h1-2,5H,3-4H2,(H,10,11). The minimum absolute atomic E-state index is 0.0222. The zero-order chi connectivity index (χ0) is 9.26. The van der Waals surface area contributed by atoms with E-state index in [2.05, 4.69) is 21.2 Å². The van der Waals surface area contributed by atoms with Crippen LogP contribution in [0.3, 0.4) is 0 Å². The van der Waals surface area contributed by atoms with E-state index in [1.807, 2.05) is 12.1 Å². The highest BCUT2D eigenvalue weighted by molar-refractivity contribution is 9.11. The normalized spacial score (nSPS) is 22.8. The zero-order valence-electron chi connectivity index (χ0n) is 6.75. The van der Waals surface area contributed by atoms with Crippen LogP contribution < -0.4 is 5.32 Å². The number of hydrogen-bond acceptors (Lipinski definition) is 3. The Balaban J connectivity index is 2.06. The summed E-state index contributed by atoms with van der Waals surface area (Å²) in [5, 5.41) is 2.77. The van der Waals surface area contributed by atoms with Gasteiger partial charge in [0.15, 0.2) is 0 Å². The molecule has 2 heterocycles. The van der Waals surface area contributed by atoms with Crippen molar-refractivity contribution in [1.29, 1.82) is 0 Å². The number of ether oxygens (including phenoxy) is 1. The molecule has 1 aromatic heterocycles. The molecule has 0 radical (unpaired) electrons. The third-order valence-corrected chi connectivity index (χ3v) is 3.53. The van der Waals surface area contributed by atoms with E-state index in [0.717, 1.165) is 8.66 Å². The Labute approximate surface area is 88.2 Å². The highest BCUT2D eigenvalue weighted by Gasteiger charge is 2.21. The molecule has 0 bridgehead atoms. The van der Waals surface area contributed by atoms with Crippen molar-refractivity contribution in [2.45, 2.75) is 6.10 Å². The number of thiophene rings is 1. The van der Waals surface area contributed by atoms with Gasteiger partial charge in [-0.1, -0.05) is 0 Å². The fraction of sp³-hybridized carbons (Fsp3) is 0.375. The Morgan fingerprint density at radius 1 is 1.62 bits per heavy atom. The molecular weight excluding hydrogens is 254 g/mol. The Morgan fingerprint density at radius 3 is 3.00 bits per heavy atom. The third kappa shape index (κ3) is 2.10. The lowest BCUT2D eigenvalue weighted by Gasteiger charge is -2.21. The quantitative estimate of drug-likeness (QED) is 0.836. The average molecular weight is 262 g/mol. The van der Waals surface area contributed by atoms with E-state index in [9.17, 15) is 4.79 Å². The van der Waals surface area contributed by atoms with Crippen molar-refractivity contribution in [1.82, 2.24) is 5.32 Å². The van der Waals surface area contributed by atoms with E-state index < -0.39 is 0 Å². The fourth-order valence-electron chi connectivity index (χ4n) is 1.18. The van der Waals surface area contributed by atoms with Crippen LogP contribution in [0.5, 0.6) is 0 Å². The Bertz CT molecular complexity index is 316. The lowest BCUT2D eigenvalue weighted by Crippen LogP contribution is -2.38. The molecule has 70 valence electrons. The molecule has 1 aliphatic heterocycles. The molecule has 0 spiro atoms. The summed E-state index contributed by atoms with van der Waals surface area (Å²) in [4.78, 5) is 11.9. The van der Waals surface area contributed by atoms with E-state index in [4.69, 9.17) is 4.74 Å². The maximum Gasteiger partial charge on any atom is 0.246 e. The number of hydrogen-bond donors (Lipinski definition) is 1. The van der Waals surface area contributed by atoms with Crippen LogP contribution in [-0.2, 0) is 9.53 Å². The lowest BCUT2D eigenvalue weighted by atomic mass is 10.2. The molecule has 1 N–H and O–H groups in total. The van der Waals surface area contributed by atoms with Crippen LogP contribution in [0.15, 0.2) is 15.9 Å². The molecular formula is C8H8BrNO2S. The van der Waals surface area contributed by atoms with Gasteiger partial charge in [0.25, 0.3) is 0 Å². The van der Waals surface area contributed by atoms with Gasteiger partial charge in [-0.25, -0.2) is 0 Å². The van der Waals surface area contributed by atoms with Gasteiger partial charge in [0.1, 0.15) is 12.7 Å². The summed E-state index contributed by atoms with van der Waals surface area (Å²) in [6.07, 6.45) is 0.0222. The van der Waals surface area contributed by atoms with Gasteiger partial charge in [0.05, 0.1) is 3.79 Å². The largest absolute Gasteiger partial charge is 0.361 e. The Kier molecular flexibility index (Phi) is 2.66. The topological polar surface area (TPSA) is 38.3 Å². The molecule has 1 fully saturated rings. The smallest absolute Gasteiger partial charge is 0.246 e. The van der Waals surface area contributed by atoms with Crippen LogP contribution in [0, 0.1) is 0 Å². The molecule has 1 unspecified atom stereocenters. The molecule has 1 saturated heterocycles. The van der Waals surface area contributed by atoms with Gasteiger partial charge in [-0.05, 0) is 28.1 Å². The number of rotatable bonds is 1. The van der Waals surface area contributed by atoms with Gasteiger partial charge in [-0.3, -0.25) is 4.79 Å². The van der Waals surface area contributed by atoms with Gasteiger partial charge < -0.3 is 10.1 Å². The first-order chi connectivity index (χ1) is 6.25. The SMILES string of the molecule is O=C1COC(c2ccc(Br)s2)CN1. The van der Waals surface area contributed by atoms with Crippen molar-refractivity contribution in [2.24, 2.45) is 0 Å². The number of nitrogens with one attached hydrogen (secondary N) is 1. The third-order valence-electron chi connectivity index (χ3n) is 1.81. The molecule has 0 aromatic carbocycles. The zero-order valence-corrected chi connectivity index (χ0v) is 9.15. The van der Waals surface area contributed by atoms with Gasteiger partial charge >= 0.3 is 0 Å². The number of morpholine rings is 1. The molecule has 5 heteroatoms. The number of carbonyl (C=O) groups is 1. The lowest BCUT2D eigenvalue weighted by molar-refractivity contribution is -0.133. The van der Waals surface area contributed by atoms with E-state index in [0.29, 0.717) is 6.54 Å². The molecule has 1 amide bonds. The highest BCUT2D eigenvalue weighted by atomic mass is 79.9. The van der Waals surface area contributed by atoms with Crippen molar-refractivity contribution in [3.63, 3.8) is 0 Å². The molecule has 1 aromatic rings. The summed E-state index contributed by atoms with van der Waals surface area (Å²) < 4.78 is 6.45. The Hall–Kier alpha value is -0.390. The van der Waals surface area contributed by atoms with Crippen LogP contribution in [0.4, 0.5) is 0 Å². The Morgan fingerprint density at radius 2 is 2.46 bits per heavy atom. The summed E-state index contributed by atoms with van der Waals surface area (Å²) in [7, 11) is 0. The molecule has 3 nitrogen and oxygen atoms in total. The van der Waals surface area contributed by atoms with Gasteiger partial charge in [0, 0.05) is 11.4 Å². The monoisotopic (exact) mass is 261 g/mol. The molecule has 0 saturated carbocycles. The van der Waals surface area contributed by atoms with Crippen LogP contribution in [0.25, 0.3) is 0 Å². The van der Waals surface area contributed by atoms with Gasteiger partial charge in [-0.2, -0.15) is 0 Å². The van der Waals surface area contributed by atoms with E-state index >= 15 is 0 Å². The van der Waals surface area contributed by atoms with Crippen molar-refractivity contribution in [3.05, 3.63) is 20.8 Å². The summed E-state index contributed by atoms with van der Waals surface area (Å²) in [6, 6.07) is 4.00. The minimum Gasteiger partial charge on any atom is -0.361 e. The van der Waals surface area contributed by atoms with Gasteiger partial charge in [0.2, 0.25) is 5.91 Å². The summed E-state index contributed by atoms with van der Waals surface area (Å²) in [5.41, 5.74) is 0. The average Bonchev–Trinajstić information content (AvgIpc) is 2.53. The van der Waals surface area contributed by atoms with E-state index in [-0.39, 0.29) is 18.6 Å². The predicted molar refractivity (Wildman–Crippen MR) is 53.7 cm³/mol. The molecule has 1 atom stereocenters. The maximum atomic E-state index is 10.8. The van der Waals surface area contributed by atoms with E-state index in [1.54, 1.807) is 11.3 Å². The summed E-state index contributed by atoms with van der Waals surface area (Å²) in [6.45, 7) is 0.742. The molecule has 2 rings (SSSR count). The van der Waals surface area contributed by atoms with Crippen molar-refractivity contribution in [2.75, 3.05) is 13.2 Å². The first-order valence-corrected chi connectivity index (χ1v) is 5.50. The maximum absolute atomic E-state index is 10.8. The summed E-state index contributed by atoms with van der Waals surface area (Å²) >= 11 is 5.02. The minimum atomic E-state index is -0.0353. The molecule has 0 aliphatic carbocycles. The second-order valence-electron chi connectivity index (χ2n) is 2.75. The fourth-order valence-corrected chi connectivity index (χ4v) is 2.65. The predicted octanol–water partition coefficient (Wildman–Crippen LogP) is 1.70. The van der Waals surface area contributed by atoms with Crippen LogP contribution >= 0.6 is 27.3 Å². The number of carbonyl (C=O) groups excluding carboxylic acids is 1. The van der Waals surface area contributed by atoms with E-state index in [1.165, 1.54) is 0 Å². The van der Waals surface area contributed by atoms with Crippen molar-refractivity contribution >= 4 is 33.2 Å². The van der Waals surface area contributed by atoms with Crippen molar-refractivity contribution in [3.8, 4) is 0 Å². The first-order valence-electron chi connectivity index (χ1n) is 3.89.